The maximum atomic E-state index is 13.0. The molecule has 0 aliphatic heterocycles. The minimum Gasteiger partial charge on any atom is -0.497 e. The van der Waals surface area contributed by atoms with Crippen LogP contribution in [0.4, 0.5) is 13.2 Å². The van der Waals surface area contributed by atoms with Crippen LogP contribution in [0.1, 0.15) is 11.1 Å². The Balaban J connectivity index is 2.21. The summed E-state index contributed by atoms with van der Waals surface area (Å²) in [5.74, 6) is 0.696. The van der Waals surface area contributed by atoms with E-state index in [4.69, 9.17) is 4.74 Å². The van der Waals surface area contributed by atoms with Crippen molar-refractivity contribution in [1.29, 1.82) is 0 Å². The number of hydrogen-bond acceptors (Lipinski definition) is 2. The molecule has 3 rings (SSSR count). The van der Waals surface area contributed by atoms with E-state index in [0.717, 1.165) is 17.3 Å². The number of imidazole rings is 1. The molecule has 1 aromatic heterocycles. The van der Waals surface area contributed by atoms with E-state index in [1.165, 1.54) is 12.4 Å². The van der Waals surface area contributed by atoms with E-state index < -0.39 is 11.7 Å². The molecule has 0 aliphatic carbocycles. The van der Waals surface area contributed by atoms with Crippen molar-refractivity contribution in [2.45, 2.75) is 13.1 Å². The quantitative estimate of drug-likeness (QED) is 0.703. The van der Waals surface area contributed by atoms with E-state index in [0.29, 0.717) is 11.3 Å². The molecule has 0 aliphatic rings. The zero-order valence-electron chi connectivity index (χ0n) is 12.0. The normalized spacial score (nSPS) is 11.9. The molecule has 0 radical (unpaired) electrons. The lowest BCUT2D eigenvalue weighted by Crippen LogP contribution is -2.05. The van der Waals surface area contributed by atoms with Gasteiger partial charge in [0.15, 0.2) is 0 Å². The lowest BCUT2D eigenvalue weighted by Gasteiger charge is -2.11. The number of aryl methyl sites for hydroxylation is 1. The number of fused-ring (bicyclic) bond motifs is 1. The summed E-state index contributed by atoms with van der Waals surface area (Å²) >= 11 is 0. The largest absolute Gasteiger partial charge is 0.497 e. The van der Waals surface area contributed by atoms with Crippen molar-refractivity contribution in [1.82, 2.24) is 9.55 Å². The number of benzene rings is 2. The van der Waals surface area contributed by atoms with Crippen LogP contribution in [0.5, 0.6) is 5.75 Å². The summed E-state index contributed by atoms with van der Waals surface area (Å²) in [4.78, 5) is 3.96. The molecule has 0 atom stereocenters. The second kappa shape index (κ2) is 5.05. The van der Waals surface area contributed by atoms with E-state index in [1.54, 1.807) is 29.9 Å². The SMILES string of the molecule is COc1ccc(-n2cnc3c(C(F)(F)F)cccc32)c(C)c1. The van der Waals surface area contributed by atoms with Crippen LogP contribution in [0.3, 0.4) is 0 Å². The Bertz CT molecular complexity index is 837. The van der Waals surface area contributed by atoms with Gasteiger partial charge in [-0.15, -0.1) is 0 Å². The van der Waals surface area contributed by atoms with Crippen LogP contribution in [0.2, 0.25) is 0 Å². The summed E-state index contributed by atoms with van der Waals surface area (Å²) < 4.78 is 45.9. The van der Waals surface area contributed by atoms with Gasteiger partial charge in [0.1, 0.15) is 17.6 Å². The highest BCUT2D eigenvalue weighted by Crippen LogP contribution is 2.35. The molecule has 0 spiro atoms. The average molecular weight is 306 g/mol. The third kappa shape index (κ3) is 2.30. The van der Waals surface area contributed by atoms with Gasteiger partial charge in [-0.25, -0.2) is 4.98 Å². The summed E-state index contributed by atoms with van der Waals surface area (Å²) in [6.45, 7) is 1.87. The van der Waals surface area contributed by atoms with Crippen LogP contribution in [-0.4, -0.2) is 16.7 Å². The van der Waals surface area contributed by atoms with Crippen LogP contribution >= 0.6 is 0 Å². The Labute approximate surface area is 125 Å². The second-order valence-electron chi connectivity index (χ2n) is 4.94. The molecule has 0 bridgehead atoms. The maximum absolute atomic E-state index is 13.0. The van der Waals surface area contributed by atoms with Gasteiger partial charge in [-0.1, -0.05) is 6.07 Å². The zero-order chi connectivity index (χ0) is 15.9. The maximum Gasteiger partial charge on any atom is 0.418 e. The molecular formula is C16H13F3N2O. The smallest absolute Gasteiger partial charge is 0.418 e. The lowest BCUT2D eigenvalue weighted by molar-refractivity contribution is -0.136. The van der Waals surface area contributed by atoms with E-state index >= 15 is 0 Å². The third-order valence-electron chi connectivity index (χ3n) is 3.55. The van der Waals surface area contributed by atoms with Crippen molar-refractivity contribution >= 4 is 11.0 Å². The van der Waals surface area contributed by atoms with E-state index in [2.05, 4.69) is 4.98 Å². The van der Waals surface area contributed by atoms with Crippen molar-refractivity contribution < 1.29 is 17.9 Å². The van der Waals surface area contributed by atoms with Crippen molar-refractivity contribution in [3.8, 4) is 11.4 Å². The Hall–Kier alpha value is -2.50. The fraction of sp³-hybridized carbons (Fsp3) is 0.188. The van der Waals surface area contributed by atoms with Gasteiger partial charge in [-0.3, -0.25) is 4.57 Å². The van der Waals surface area contributed by atoms with Gasteiger partial charge >= 0.3 is 6.18 Å². The van der Waals surface area contributed by atoms with Crippen LogP contribution in [0.15, 0.2) is 42.7 Å². The monoisotopic (exact) mass is 306 g/mol. The highest BCUT2D eigenvalue weighted by Gasteiger charge is 2.33. The van der Waals surface area contributed by atoms with Crippen molar-refractivity contribution in [2.75, 3.05) is 7.11 Å². The molecule has 2 aromatic carbocycles. The number of rotatable bonds is 2. The molecule has 3 nitrogen and oxygen atoms in total. The van der Waals surface area contributed by atoms with E-state index in [1.807, 2.05) is 13.0 Å². The van der Waals surface area contributed by atoms with Crippen LogP contribution in [0.25, 0.3) is 16.7 Å². The van der Waals surface area contributed by atoms with Crippen molar-refractivity contribution in [3.05, 3.63) is 53.9 Å². The summed E-state index contributed by atoms with van der Waals surface area (Å²) in [6, 6.07) is 9.45. The van der Waals surface area contributed by atoms with Gasteiger partial charge in [0.2, 0.25) is 0 Å². The number of hydrogen-bond donors (Lipinski definition) is 0. The molecule has 0 unspecified atom stereocenters. The summed E-state index contributed by atoms with van der Waals surface area (Å²) in [5, 5.41) is 0. The summed E-state index contributed by atoms with van der Waals surface area (Å²) in [6.07, 6.45) is -3.01. The first kappa shape index (κ1) is 14.4. The Morgan fingerprint density at radius 2 is 1.91 bits per heavy atom. The molecule has 0 saturated heterocycles. The van der Waals surface area contributed by atoms with Crippen LogP contribution < -0.4 is 4.74 Å². The lowest BCUT2D eigenvalue weighted by atomic mass is 10.1. The molecule has 0 fully saturated rings. The molecule has 0 saturated carbocycles. The van der Waals surface area contributed by atoms with Gasteiger partial charge in [0.05, 0.1) is 23.9 Å². The first-order valence-corrected chi connectivity index (χ1v) is 6.60. The molecule has 1 heterocycles. The minimum atomic E-state index is -4.42. The van der Waals surface area contributed by atoms with Gasteiger partial charge in [-0.2, -0.15) is 13.2 Å². The third-order valence-corrected chi connectivity index (χ3v) is 3.55. The number of para-hydroxylation sites is 1. The molecule has 6 heteroatoms. The molecule has 22 heavy (non-hydrogen) atoms. The van der Waals surface area contributed by atoms with Crippen molar-refractivity contribution in [3.63, 3.8) is 0 Å². The van der Waals surface area contributed by atoms with Crippen LogP contribution in [0, 0.1) is 6.92 Å². The highest BCUT2D eigenvalue weighted by molar-refractivity contribution is 5.81. The number of nitrogens with zero attached hydrogens (tertiary/aromatic N) is 2. The zero-order valence-corrected chi connectivity index (χ0v) is 12.0. The van der Waals surface area contributed by atoms with Crippen LogP contribution in [-0.2, 0) is 6.18 Å². The summed E-state index contributed by atoms with van der Waals surface area (Å²) in [7, 11) is 1.57. The average Bonchev–Trinajstić information content (AvgIpc) is 2.89. The first-order chi connectivity index (χ1) is 10.4. The van der Waals surface area contributed by atoms with Crippen molar-refractivity contribution in [2.24, 2.45) is 0 Å². The standard InChI is InChI=1S/C16H13F3N2O/c1-10-8-11(22-2)6-7-13(10)21-9-20-15-12(16(17,18)19)4-3-5-14(15)21/h3-9H,1-2H3. The topological polar surface area (TPSA) is 27.1 Å². The van der Waals surface area contributed by atoms with Gasteiger partial charge in [-0.05, 0) is 42.8 Å². The predicted molar refractivity (Wildman–Crippen MR) is 77.4 cm³/mol. The second-order valence-corrected chi connectivity index (χ2v) is 4.94. The van der Waals surface area contributed by atoms with E-state index in [9.17, 15) is 13.2 Å². The van der Waals surface area contributed by atoms with Gasteiger partial charge in [0.25, 0.3) is 0 Å². The van der Waals surface area contributed by atoms with E-state index in [-0.39, 0.29) is 5.52 Å². The molecular weight excluding hydrogens is 293 g/mol. The predicted octanol–water partition coefficient (Wildman–Crippen LogP) is 4.36. The molecule has 114 valence electrons. The number of methoxy groups -OCH3 is 1. The van der Waals surface area contributed by atoms with Gasteiger partial charge < -0.3 is 4.74 Å². The fourth-order valence-corrected chi connectivity index (χ4v) is 2.49. The number of ether oxygens (including phenoxy) is 1. The Morgan fingerprint density at radius 1 is 1.14 bits per heavy atom. The first-order valence-electron chi connectivity index (χ1n) is 6.60. The molecule has 0 amide bonds. The Morgan fingerprint density at radius 3 is 2.55 bits per heavy atom. The molecule has 3 aromatic rings. The summed E-state index contributed by atoms with van der Waals surface area (Å²) in [5.41, 5.74) is 1.29. The van der Waals surface area contributed by atoms with Gasteiger partial charge in [0, 0.05) is 0 Å². The minimum absolute atomic E-state index is 0.0507. The number of halogens is 3. The number of alkyl halides is 3. The highest BCUT2D eigenvalue weighted by atomic mass is 19.4. The molecule has 0 N–H and O–H groups in total. The number of aromatic nitrogens is 2. The fourth-order valence-electron chi connectivity index (χ4n) is 2.49. The Kier molecular flexibility index (Phi) is 3.31.